The van der Waals surface area contributed by atoms with Crippen molar-refractivity contribution in [2.24, 2.45) is 11.8 Å². The van der Waals surface area contributed by atoms with E-state index in [1.165, 1.54) is 39.2 Å². The van der Waals surface area contributed by atoms with E-state index in [0.717, 1.165) is 18.8 Å². The molecule has 0 spiro atoms. The zero-order chi connectivity index (χ0) is 15.0. The highest BCUT2D eigenvalue weighted by Gasteiger charge is 2.26. The van der Waals surface area contributed by atoms with E-state index in [0.29, 0.717) is 0 Å². The van der Waals surface area contributed by atoms with Crippen LogP contribution in [0, 0.1) is 11.8 Å². The molecule has 1 aliphatic carbocycles. The third-order valence-electron chi connectivity index (χ3n) is 4.27. The molecule has 0 bridgehead atoms. The van der Waals surface area contributed by atoms with Crippen molar-refractivity contribution in [3.8, 4) is 0 Å². The molecule has 0 aromatic rings. The van der Waals surface area contributed by atoms with E-state index in [9.17, 15) is 9.59 Å². The molecule has 0 radical (unpaired) electrons. The largest absolute Gasteiger partial charge is 0.469 e. The molecule has 1 N–H and O–H groups in total. The van der Waals surface area contributed by atoms with Gasteiger partial charge >= 0.3 is 5.97 Å². The maximum absolute atomic E-state index is 12.1. The topological polar surface area (TPSA) is 55.4 Å². The fourth-order valence-electron chi connectivity index (χ4n) is 2.95. The second-order valence-corrected chi connectivity index (χ2v) is 6.05. The Bertz CT molecular complexity index is 309. The number of nitrogens with one attached hydrogen (secondary N) is 1. The molecule has 1 unspecified atom stereocenters. The quantitative estimate of drug-likeness (QED) is 0.731. The number of methoxy groups -OCH3 is 1. The maximum Gasteiger partial charge on any atom is 0.307 e. The first-order chi connectivity index (χ1) is 9.56. The summed E-state index contributed by atoms with van der Waals surface area (Å²) in [5.41, 5.74) is 0. The Balaban J connectivity index is 2.26. The number of amides is 1. The van der Waals surface area contributed by atoms with Crippen LogP contribution in [0.4, 0.5) is 0 Å². The number of carbonyl (C=O) groups excluding carboxylic acids is 2. The Hall–Kier alpha value is -1.06. The van der Waals surface area contributed by atoms with E-state index in [1.807, 2.05) is 6.92 Å². The molecule has 0 aromatic heterocycles. The van der Waals surface area contributed by atoms with Crippen molar-refractivity contribution in [1.82, 2.24) is 5.32 Å². The van der Waals surface area contributed by atoms with Crippen molar-refractivity contribution in [3.05, 3.63) is 0 Å². The van der Waals surface area contributed by atoms with Gasteiger partial charge in [-0.2, -0.15) is 0 Å². The molecule has 1 aliphatic rings. The Morgan fingerprint density at radius 1 is 1.25 bits per heavy atom. The average Bonchev–Trinajstić information content (AvgIpc) is 2.45. The molecule has 4 heteroatoms. The smallest absolute Gasteiger partial charge is 0.307 e. The van der Waals surface area contributed by atoms with E-state index in [1.54, 1.807) is 0 Å². The van der Waals surface area contributed by atoms with Crippen molar-refractivity contribution < 1.29 is 14.3 Å². The van der Waals surface area contributed by atoms with Gasteiger partial charge in [-0.15, -0.1) is 0 Å². The Kier molecular flexibility index (Phi) is 7.63. The molecule has 1 saturated carbocycles. The first-order valence-electron chi connectivity index (χ1n) is 7.94. The molecule has 20 heavy (non-hydrogen) atoms. The van der Waals surface area contributed by atoms with Gasteiger partial charge in [0.1, 0.15) is 0 Å². The molecule has 0 saturated heterocycles. The standard InChI is InChI=1S/C16H29NO3/c1-4-5-6-13-7-9-14(10-8-13)16(19)17-12(2)11-15(18)20-3/h12-14H,4-11H2,1-3H3,(H,17,19). The number of ether oxygens (including phenoxy) is 1. The van der Waals surface area contributed by atoms with E-state index in [4.69, 9.17) is 0 Å². The number of esters is 1. The monoisotopic (exact) mass is 283 g/mol. The van der Waals surface area contributed by atoms with Gasteiger partial charge in [0.15, 0.2) is 0 Å². The summed E-state index contributed by atoms with van der Waals surface area (Å²) in [4.78, 5) is 23.3. The molecule has 0 aliphatic heterocycles. The summed E-state index contributed by atoms with van der Waals surface area (Å²) >= 11 is 0. The van der Waals surface area contributed by atoms with Crippen LogP contribution >= 0.6 is 0 Å². The first-order valence-corrected chi connectivity index (χ1v) is 7.94. The lowest BCUT2D eigenvalue weighted by Gasteiger charge is -2.28. The molecule has 1 fully saturated rings. The van der Waals surface area contributed by atoms with Crippen LogP contribution < -0.4 is 5.32 Å². The molecular weight excluding hydrogens is 254 g/mol. The molecule has 0 aromatic carbocycles. The average molecular weight is 283 g/mol. The lowest BCUT2D eigenvalue weighted by atomic mass is 9.79. The molecule has 1 atom stereocenters. The second kappa shape index (κ2) is 8.98. The van der Waals surface area contributed by atoms with Crippen LogP contribution in [0.5, 0.6) is 0 Å². The van der Waals surface area contributed by atoms with Crippen LogP contribution in [-0.2, 0) is 14.3 Å². The third kappa shape index (κ3) is 5.93. The third-order valence-corrected chi connectivity index (χ3v) is 4.27. The van der Waals surface area contributed by atoms with Gasteiger partial charge in [-0.1, -0.05) is 26.2 Å². The number of unbranched alkanes of at least 4 members (excludes halogenated alkanes) is 1. The van der Waals surface area contributed by atoms with Crippen LogP contribution in [0.15, 0.2) is 0 Å². The predicted octanol–water partition coefficient (Wildman–Crippen LogP) is 3.05. The van der Waals surface area contributed by atoms with E-state index >= 15 is 0 Å². The van der Waals surface area contributed by atoms with E-state index in [-0.39, 0.29) is 30.3 Å². The molecule has 1 rings (SSSR count). The second-order valence-electron chi connectivity index (χ2n) is 6.05. The van der Waals surface area contributed by atoms with Crippen LogP contribution in [0.1, 0.15) is 65.2 Å². The summed E-state index contributed by atoms with van der Waals surface area (Å²) < 4.78 is 4.61. The molecule has 4 nitrogen and oxygen atoms in total. The fraction of sp³-hybridized carbons (Fsp3) is 0.875. The summed E-state index contributed by atoms with van der Waals surface area (Å²) in [6.07, 6.45) is 8.43. The van der Waals surface area contributed by atoms with Gasteiger partial charge in [0.2, 0.25) is 5.91 Å². The predicted molar refractivity (Wildman–Crippen MR) is 79.2 cm³/mol. The maximum atomic E-state index is 12.1. The molecule has 1 amide bonds. The van der Waals surface area contributed by atoms with Gasteiger partial charge in [-0.25, -0.2) is 0 Å². The zero-order valence-electron chi connectivity index (χ0n) is 13.1. The minimum absolute atomic E-state index is 0.107. The van der Waals surface area contributed by atoms with E-state index < -0.39 is 0 Å². The number of hydrogen-bond acceptors (Lipinski definition) is 3. The van der Waals surface area contributed by atoms with Crippen molar-refractivity contribution in [2.45, 2.75) is 71.3 Å². The minimum Gasteiger partial charge on any atom is -0.469 e. The van der Waals surface area contributed by atoms with Crippen LogP contribution in [0.3, 0.4) is 0 Å². The molecule has 116 valence electrons. The highest BCUT2D eigenvalue weighted by molar-refractivity contribution is 5.80. The zero-order valence-corrected chi connectivity index (χ0v) is 13.1. The molecule has 0 heterocycles. The van der Waals surface area contributed by atoms with Crippen molar-refractivity contribution in [1.29, 1.82) is 0 Å². The van der Waals surface area contributed by atoms with Gasteiger partial charge in [0.05, 0.1) is 13.5 Å². The Labute approximate surface area is 122 Å². The summed E-state index contributed by atoms with van der Waals surface area (Å²) in [5.74, 6) is 0.774. The van der Waals surface area contributed by atoms with Gasteiger partial charge in [-0.05, 0) is 38.5 Å². The molecular formula is C16H29NO3. The number of hydrogen-bond donors (Lipinski definition) is 1. The van der Waals surface area contributed by atoms with Gasteiger partial charge in [-0.3, -0.25) is 9.59 Å². The first kappa shape index (κ1) is 17.0. The fourth-order valence-corrected chi connectivity index (χ4v) is 2.95. The Morgan fingerprint density at radius 2 is 1.90 bits per heavy atom. The van der Waals surface area contributed by atoms with Gasteiger partial charge < -0.3 is 10.1 Å². The van der Waals surface area contributed by atoms with E-state index in [2.05, 4.69) is 17.0 Å². The lowest BCUT2D eigenvalue weighted by molar-refractivity contribution is -0.141. The summed E-state index contributed by atoms with van der Waals surface area (Å²) in [6.45, 7) is 4.07. The SMILES string of the molecule is CCCCC1CCC(C(=O)NC(C)CC(=O)OC)CC1. The van der Waals surface area contributed by atoms with Crippen molar-refractivity contribution >= 4 is 11.9 Å². The summed E-state index contributed by atoms with van der Waals surface area (Å²) in [6, 6.07) is -0.146. The summed E-state index contributed by atoms with van der Waals surface area (Å²) in [7, 11) is 1.37. The number of rotatable bonds is 7. The van der Waals surface area contributed by atoms with Crippen LogP contribution in [0.2, 0.25) is 0 Å². The van der Waals surface area contributed by atoms with Gasteiger partial charge in [0, 0.05) is 12.0 Å². The van der Waals surface area contributed by atoms with Crippen LogP contribution in [0.25, 0.3) is 0 Å². The van der Waals surface area contributed by atoms with Crippen LogP contribution in [-0.4, -0.2) is 25.0 Å². The Morgan fingerprint density at radius 3 is 2.45 bits per heavy atom. The lowest BCUT2D eigenvalue weighted by Crippen LogP contribution is -2.39. The van der Waals surface area contributed by atoms with Gasteiger partial charge in [0.25, 0.3) is 0 Å². The number of carbonyl (C=O) groups is 2. The highest BCUT2D eigenvalue weighted by Crippen LogP contribution is 2.32. The van der Waals surface area contributed by atoms with Crippen molar-refractivity contribution in [2.75, 3.05) is 7.11 Å². The minimum atomic E-state index is -0.277. The normalized spacial score (nSPS) is 23.9. The summed E-state index contributed by atoms with van der Waals surface area (Å²) in [5, 5.41) is 2.93. The van der Waals surface area contributed by atoms with Crippen molar-refractivity contribution in [3.63, 3.8) is 0 Å². The highest BCUT2D eigenvalue weighted by atomic mass is 16.5.